The molecular weight excluding hydrogens is 298 g/mol. The van der Waals surface area contributed by atoms with Crippen LogP contribution in [0.1, 0.15) is 0 Å². The van der Waals surface area contributed by atoms with Crippen LogP contribution in [0.15, 0.2) is 58.5 Å². The molecule has 0 aliphatic carbocycles. The first-order valence-corrected chi connectivity index (χ1v) is 8.99. The summed E-state index contributed by atoms with van der Waals surface area (Å²) in [6, 6.07) is 15.7. The Balaban J connectivity index is 2.41. The molecule has 2 nitrogen and oxygen atoms in total. The highest BCUT2D eigenvalue weighted by Gasteiger charge is 2.16. The lowest BCUT2D eigenvalue weighted by molar-refractivity contribution is 0.476. The molecule has 3 aromatic rings. The van der Waals surface area contributed by atoms with E-state index in [2.05, 4.69) is 18.4 Å². The van der Waals surface area contributed by atoms with Gasteiger partial charge in [-0.25, -0.2) is 4.98 Å². The van der Waals surface area contributed by atoms with Crippen LogP contribution >= 0.6 is 23.5 Å². The molecule has 0 amide bonds. The largest absolute Gasteiger partial charge is 0.508 e. The van der Waals surface area contributed by atoms with E-state index >= 15 is 0 Å². The van der Waals surface area contributed by atoms with Gasteiger partial charge in [-0.05, 0) is 36.3 Å². The third-order valence-corrected chi connectivity index (χ3v) is 4.86. The number of thioether (sulfide) groups is 2. The molecule has 0 atom stereocenters. The van der Waals surface area contributed by atoms with Crippen molar-refractivity contribution in [3.63, 3.8) is 0 Å². The van der Waals surface area contributed by atoms with Crippen LogP contribution in [0.25, 0.3) is 22.0 Å². The molecule has 21 heavy (non-hydrogen) atoms. The summed E-state index contributed by atoms with van der Waals surface area (Å²) >= 11 is 3.35. The van der Waals surface area contributed by atoms with Gasteiger partial charge < -0.3 is 5.11 Å². The van der Waals surface area contributed by atoms with Crippen molar-refractivity contribution >= 4 is 34.4 Å². The van der Waals surface area contributed by atoms with Crippen LogP contribution in [0.2, 0.25) is 0 Å². The van der Waals surface area contributed by atoms with Gasteiger partial charge in [0.2, 0.25) is 0 Å². The van der Waals surface area contributed by atoms with E-state index in [-0.39, 0.29) is 5.75 Å². The zero-order valence-corrected chi connectivity index (χ0v) is 13.5. The van der Waals surface area contributed by atoms with Crippen molar-refractivity contribution in [2.24, 2.45) is 0 Å². The minimum Gasteiger partial charge on any atom is -0.508 e. The van der Waals surface area contributed by atoms with Gasteiger partial charge in [-0.15, -0.1) is 23.5 Å². The second-order valence-electron chi connectivity index (χ2n) is 4.60. The quantitative estimate of drug-likeness (QED) is 0.686. The van der Waals surface area contributed by atoms with Gasteiger partial charge in [-0.2, -0.15) is 0 Å². The smallest absolute Gasteiger partial charge is 0.116 e. The molecule has 3 rings (SSSR count). The van der Waals surface area contributed by atoms with Crippen molar-refractivity contribution in [1.29, 1.82) is 0 Å². The number of aromatic nitrogens is 1. The third kappa shape index (κ3) is 2.61. The van der Waals surface area contributed by atoms with Crippen molar-refractivity contribution in [3.05, 3.63) is 48.5 Å². The van der Waals surface area contributed by atoms with Crippen LogP contribution in [0.5, 0.6) is 5.75 Å². The zero-order chi connectivity index (χ0) is 14.8. The Labute approximate surface area is 132 Å². The van der Waals surface area contributed by atoms with E-state index in [1.807, 2.05) is 30.5 Å². The summed E-state index contributed by atoms with van der Waals surface area (Å²) in [7, 11) is 0. The van der Waals surface area contributed by atoms with Gasteiger partial charge in [-0.3, -0.25) is 0 Å². The lowest BCUT2D eigenvalue weighted by atomic mass is 10.0. The molecule has 0 bridgehead atoms. The van der Waals surface area contributed by atoms with Crippen LogP contribution in [0.4, 0.5) is 0 Å². The summed E-state index contributed by atoms with van der Waals surface area (Å²) in [6.45, 7) is 0. The van der Waals surface area contributed by atoms with Crippen LogP contribution in [-0.4, -0.2) is 22.6 Å². The molecule has 0 aliphatic rings. The summed E-state index contributed by atoms with van der Waals surface area (Å²) in [6.07, 6.45) is 4.11. The number of pyridine rings is 1. The van der Waals surface area contributed by atoms with Crippen molar-refractivity contribution in [2.45, 2.75) is 9.92 Å². The predicted octanol–water partition coefficient (Wildman–Crippen LogP) is 5.05. The molecule has 2 aromatic carbocycles. The van der Waals surface area contributed by atoms with Crippen LogP contribution in [-0.2, 0) is 0 Å². The van der Waals surface area contributed by atoms with E-state index in [0.717, 1.165) is 32.0 Å². The summed E-state index contributed by atoms with van der Waals surface area (Å²) in [5.74, 6) is 0.274. The molecule has 0 saturated heterocycles. The Kier molecular flexibility index (Phi) is 4.08. The van der Waals surface area contributed by atoms with Gasteiger partial charge in [0, 0.05) is 15.8 Å². The molecule has 0 radical (unpaired) electrons. The van der Waals surface area contributed by atoms with Gasteiger partial charge in [0.15, 0.2) is 0 Å². The highest BCUT2D eigenvalue weighted by atomic mass is 32.2. The van der Waals surface area contributed by atoms with E-state index in [1.54, 1.807) is 35.7 Å². The SMILES string of the molecule is CSc1nc2ccc(O)cc2c(SC)c1-c1ccccc1. The van der Waals surface area contributed by atoms with Crippen LogP contribution in [0.3, 0.4) is 0 Å². The fraction of sp³-hybridized carbons (Fsp3) is 0.118. The highest BCUT2D eigenvalue weighted by Crippen LogP contribution is 2.41. The molecule has 0 unspecified atom stereocenters. The number of phenolic OH excluding ortho intramolecular Hbond substituents is 1. The lowest BCUT2D eigenvalue weighted by Gasteiger charge is -2.15. The number of rotatable bonds is 3. The molecule has 0 saturated carbocycles. The van der Waals surface area contributed by atoms with Gasteiger partial charge in [-0.1, -0.05) is 30.3 Å². The normalized spacial score (nSPS) is 11.0. The van der Waals surface area contributed by atoms with Crippen LogP contribution < -0.4 is 0 Å². The number of benzene rings is 2. The fourth-order valence-electron chi connectivity index (χ4n) is 2.42. The monoisotopic (exact) mass is 313 g/mol. The second kappa shape index (κ2) is 6.00. The van der Waals surface area contributed by atoms with E-state index in [1.165, 1.54) is 0 Å². The summed E-state index contributed by atoms with van der Waals surface area (Å²) in [4.78, 5) is 5.92. The summed E-state index contributed by atoms with van der Waals surface area (Å²) < 4.78 is 0. The Morgan fingerprint density at radius 2 is 1.71 bits per heavy atom. The molecule has 0 fully saturated rings. The third-order valence-electron chi connectivity index (χ3n) is 3.35. The standard InChI is InChI=1S/C17H15NOS2/c1-20-16-13-10-12(19)8-9-14(13)18-17(21-2)15(16)11-6-4-3-5-7-11/h3-10,19H,1-2H3. The van der Waals surface area contributed by atoms with Gasteiger partial charge in [0.05, 0.1) is 5.52 Å². The maximum absolute atomic E-state index is 9.80. The number of hydrogen-bond acceptors (Lipinski definition) is 4. The molecule has 1 aromatic heterocycles. The topological polar surface area (TPSA) is 33.1 Å². The van der Waals surface area contributed by atoms with Crippen molar-refractivity contribution in [3.8, 4) is 16.9 Å². The fourth-order valence-corrected chi connectivity index (χ4v) is 3.90. The minimum atomic E-state index is 0.274. The molecule has 0 aliphatic heterocycles. The lowest BCUT2D eigenvalue weighted by Crippen LogP contribution is -1.93. The molecule has 1 heterocycles. The first-order valence-electron chi connectivity index (χ1n) is 6.54. The predicted molar refractivity (Wildman–Crippen MR) is 92.4 cm³/mol. The number of aromatic hydroxyl groups is 1. The first-order chi connectivity index (χ1) is 10.2. The van der Waals surface area contributed by atoms with Crippen LogP contribution in [0, 0.1) is 0 Å². The van der Waals surface area contributed by atoms with Crippen molar-refractivity contribution in [2.75, 3.05) is 12.5 Å². The average molecular weight is 313 g/mol. The Hall–Kier alpha value is -1.65. The maximum atomic E-state index is 9.80. The Morgan fingerprint density at radius 1 is 0.952 bits per heavy atom. The number of fused-ring (bicyclic) bond motifs is 1. The van der Waals surface area contributed by atoms with E-state index in [9.17, 15) is 5.11 Å². The van der Waals surface area contributed by atoms with Gasteiger partial charge >= 0.3 is 0 Å². The maximum Gasteiger partial charge on any atom is 0.116 e. The molecule has 1 N–H and O–H groups in total. The van der Waals surface area contributed by atoms with Crippen molar-refractivity contribution in [1.82, 2.24) is 4.98 Å². The molecule has 4 heteroatoms. The summed E-state index contributed by atoms with van der Waals surface area (Å²) in [5, 5.41) is 11.8. The van der Waals surface area contributed by atoms with E-state index < -0.39 is 0 Å². The Morgan fingerprint density at radius 3 is 2.38 bits per heavy atom. The number of hydrogen-bond donors (Lipinski definition) is 1. The summed E-state index contributed by atoms with van der Waals surface area (Å²) in [5.41, 5.74) is 3.22. The second-order valence-corrected chi connectivity index (χ2v) is 6.21. The Bertz CT molecular complexity index is 788. The minimum absolute atomic E-state index is 0.274. The average Bonchev–Trinajstić information content (AvgIpc) is 2.53. The first kappa shape index (κ1) is 14.3. The van der Waals surface area contributed by atoms with Crippen molar-refractivity contribution < 1.29 is 5.11 Å². The number of phenols is 1. The van der Waals surface area contributed by atoms with E-state index in [0.29, 0.717) is 0 Å². The zero-order valence-electron chi connectivity index (χ0n) is 11.8. The van der Waals surface area contributed by atoms with Gasteiger partial charge in [0.1, 0.15) is 10.8 Å². The molecular formula is C17H15NOS2. The van der Waals surface area contributed by atoms with Gasteiger partial charge in [0.25, 0.3) is 0 Å². The number of nitrogens with zero attached hydrogens (tertiary/aromatic N) is 1. The molecule has 106 valence electrons. The molecule has 0 spiro atoms. The highest BCUT2D eigenvalue weighted by molar-refractivity contribution is 7.99. The van der Waals surface area contributed by atoms with E-state index in [4.69, 9.17) is 4.98 Å².